The molecule has 2 saturated heterocycles. The summed E-state index contributed by atoms with van der Waals surface area (Å²) in [5, 5.41) is 2.04. The molecule has 2 aromatic rings. The molecule has 42 heavy (non-hydrogen) atoms. The molecule has 0 N–H and O–H groups in total. The highest BCUT2D eigenvalue weighted by Crippen LogP contribution is 2.60. The number of fused-ring (bicyclic) bond motifs is 1. The topological polar surface area (TPSA) is 80.3 Å². The summed E-state index contributed by atoms with van der Waals surface area (Å²) in [5.41, 5.74) is -1.81. The highest BCUT2D eigenvalue weighted by molar-refractivity contribution is 6.99. The van der Waals surface area contributed by atoms with Gasteiger partial charge in [-0.1, -0.05) is 95.3 Å². The number of hydrogen-bond donors (Lipinski definition) is 0. The number of ether oxygens (including phenoxy) is 4. The molecule has 7 nitrogen and oxygen atoms in total. The second-order valence-corrected chi connectivity index (χ2v) is 18.5. The molecule has 2 aliphatic heterocycles. The van der Waals surface area contributed by atoms with Crippen molar-refractivity contribution in [1.82, 2.24) is 0 Å². The summed E-state index contributed by atoms with van der Waals surface area (Å²) in [5.74, 6) is -2.61. The number of benzene rings is 2. The van der Waals surface area contributed by atoms with Gasteiger partial charge in [0.25, 0.3) is 8.32 Å². The molecule has 0 saturated carbocycles. The number of esters is 2. The number of hydrogen-bond acceptors (Lipinski definition) is 7. The Morgan fingerprint density at radius 3 is 1.86 bits per heavy atom. The molecular weight excluding hydrogens is 548 g/mol. The molecule has 0 spiro atoms. The van der Waals surface area contributed by atoms with E-state index in [1.807, 2.05) is 77.9 Å². The molecule has 2 fully saturated rings. The number of methoxy groups -OCH3 is 1. The van der Waals surface area contributed by atoms with Gasteiger partial charge in [-0.05, 0) is 43.1 Å². The lowest BCUT2D eigenvalue weighted by Gasteiger charge is -2.43. The van der Waals surface area contributed by atoms with Gasteiger partial charge in [0.05, 0.1) is 12.0 Å². The average Bonchev–Trinajstić information content (AvgIpc) is 3.35. The van der Waals surface area contributed by atoms with Gasteiger partial charge >= 0.3 is 11.9 Å². The Morgan fingerprint density at radius 2 is 1.43 bits per heavy atom. The summed E-state index contributed by atoms with van der Waals surface area (Å²) in [6.07, 6.45) is -1.25. The highest BCUT2D eigenvalue weighted by atomic mass is 28.4. The van der Waals surface area contributed by atoms with E-state index in [4.69, 9.17) is 23.4 Å². The zero-order valence-electron chi connectivity index (χ0n) is 26.9. The molecule has 2 heterocycles. The first-order valence-corrected chi connectivity index (χ1v) is 16.8. The van der Waals surface area contributed by atoms with Gasteiger partial charge in [0.15, 0.2) is 5.79 Å². The van der Waals surface area contributed by atoms with Crippen LogP contribution in [0.2, 0.25) is 5.04 Å². The van der Waals surface area contributed by atoms with Crippen molar-refractivity contribution in [2.45, 2.75) is 85.3 Å². The third-order valence-electron chi connectivity index (χ3n) is 9.14. The monoisotopic (exact) mass is 596 g/mol. The average molecular weight is 597 g/mol. The smallest absolute Gasteiger partial charge is 0.318 e. The standard InChI is InChI=1S/C34H48O7Si/c1-23(2)34(37-10)33(9)28(27(41-34)21-38-29(35)31(3,4)5)26(40-30(33)36)22-39-42(32(6,7)8,24-17-13-11-14-18-24)25-19-15-12-16-20-25/h11-20,23,26-28H,21-22H2,1-10H3/t26-,27+,28+,33-,34-/m1/s1. The third-order valence-corrected chi connectivity index (χ3v) is 14.1. The molecule has 8 heteroatoms. The van der Waals surface area contributed by atoms with Gasteiger partial charge < -0.3 is 23.4 Å². The maximum Gasteiger partial charge on any atom is 0.318 e. The Kier molecular flexibility index (Phi) is 8.89. The Balaban J connectivity index is 1.76. The first-order chi connectivity index (χ1) is 19.6. The summed E-state index contributed by atoms with van der Waals surface area (Å²) in [4.78, 5) is 26.6. The quantitative estimate of drug-likeness (QED) is 0.294. The van der Waals surface area contributed by atoms with Crippen LogP contribution >= 0.6 is 0 Å². The number of carbonyl (C=O) groups is 2. The predicted octanol–water partition coefficient (Wildman–Crippen LogP) is 5.10. The Hall–Kier alpha value is -2.52. The molecule has 2 aliphatic rings. The zero-order valence-corrected chi connectivity index (χ0v) is 27.9. The van der Waals surface area contributed by atoms with E-state index in [-0.39, 0.29) is 36.1 Å². The van der Waals surface area contributed by atoms with Crippen LogP contribution in [0.25, 0.3) is 0 Å². The van der Waals surface area contributed by atoms with Crippen molar-refractivity contribution >= 4 is 30.6 Å². The van der Waals surface area contributed by atoms with E-state index in [2.05, 4.69) is 45.0 Å². The molecule has 0 aliphatic carbocycles. The van der Waals surface area contributed by atoms with Gasteiger partial charge in [-0.2, -0.15) is 0 Å². The van der Waals surface area contributed by atoms with Crippen LogP contribution < -0.4 is 10.4 Å². The van der Waals surface area contributed by atoms with Crippen molar-refractivity contribution < 1.29 is 33.0 Å². The van der Waals surface area contributed by atoms with Gasteiger partial charge in [0.2, 0.25) is 0 Å². The third kappa shape index (κ3) is 5.14. The summed E-state index contributed by atoms with van der Waals surface area (Å²) >= 11 is 0. The van der Waals surface area contributed by atoms with Gasteiger partial charge in [0.1, 0.15) is 24.2 Å². The number of rotatable bonds is 9. The van der Waals surface area contributed by atoms with Gasteiger partial charge in [-0.3, -0.25) is 9.59 Å². The fraction of sp³-hybridized carbons (Fsp3) is 0.588. The van der Waals surface area contributed by atoms with E-state index < -0.39 is 43.1 Å². The summed E-state index contributed by atoms with van der Waals surface area (Å²) in [7, 11) is -1.34. The van der Waals surface area contributed by atoms with Crippen molar-refractivity contribution in [2.75, 3.05) is 20.3 Å². The van der Waals surface area contributed by atoms with E-state index in [0.29, 0.717) is 0 Å². The van der Waals surface area contributed by atoms with E-state index in [1.165, 1.54) is 0 Å². The number of cyclic esters (lactones) is 1. The largest absolute Gasteiger partial charge is 0.463 e. The molecule has 0 unspecified atom stereocenters. The molecule has 5 atom stereocenters. The van der Waals surface area contributed by atoms with Crippen LogP contribution in [-0.2, 0) is 33.0 Å². The second kappa shape index (κ2) is 11.5. The van der Waals surface area contributed by atoms with E-state index >= 15 is 0 Å². The molecule has 4 rings (SSSR count). The van der Waals surface area contributed by atoms with E-state index in [0.717, 1.165) is 10.4 Å². The van der Waals surface area contributed by atoms with Crippen LogP contribution in [0.5, 0.6) is 0 Å². The lowest BCUT2D eigenvalue weighted by molar-refractivity contribution is -0.279. The summed E-state index contributed by atoms with van der Waals surface area (Å²) in [6, 6.07) is 20.7. The maximum absolute atomic E-state index is 13.8. The van der Waals surface area contributed by atoms with Crippen LogP contribution in [0.3, 0.4) is 0 Å². The van der Waals surface area contributed by atoms with Gasteiger partial charge in [-0.25, -0.2) is 0 Å². The lowest BCUT2D eigenvalue weighted by atomic mass is 9.67. The first kappa shape index (κ1) is 32.4. The lowest BCUT2D eigenvalue weighted by Crippen LogP contribution is -2.67. The van der Waals surface area contributed by atoms with Gasteiger partial charge in [0, 0.05) is 18.9 Å². The maximum atomic E-state index is 13.8. The van der Waals surface area contributed by atoms with Crippen molar-refractivity contribution in [3.8, 4) is 0 Å². The van der Waals surface area contributed by atoms with E-state index in [9.17, 15) is 9.59 Å². The molecule has 2 aromatic carbocycles. The molecule has 0 radical (unpaired) electrons. The second-order valence-electron chi connectivity index (χ2n) is 14.2. The SMILES string of the molecule is CO[C@]1(C(C)C)O[C@@H](COC(=O)C(C)(C)C)[C@@H]2[C@@H](CO[Si](c3ccccc3)(c3ccccc3)C(C)(C)C)OC(=O)[C@@]21C. The molecule has 0 bridgehead atoms. The minimum atomic E-state index is -2.90. The van der Waals surface area contributed by atoms with Crippen LogP contribution in [0, 0.1) is 22.7 Å². The molecule has 0 aromatic heterocycles. The fourth-order valence-corrected chi connectivity index (χ4v) is 11.7. The predicted molar refractivity (Wildman–Crippen MR) is 165 cm³/mol. The Morgan fingerprint density at radius 1 is 0.905 bits per heavy atom. The summed E-state index contributed by atoms with van der Waals surface area (Å²) < 4.78 is 31.8. The highest BCUT2D eigenvalue weighted by Gasteiger charge is 2.75. The number of carbonyl (C=O) groups excluding carboxylic acids is 2. The Labute approximate surface area is 252 Å². The van der Waals surface area contributed by atoms with Crippen LogP contribution in [0.1, 0.15) is 62.3 Å². The zero-order chi connectivity index (χ0) is 31.1. The van der Waals surface area contributed by atoms with Crippen LogP contribution in [-0.4, -0.2) is 58.6 Å². The minimum Gasteiger partial charge on any atom is -0.463 e. The van der Waals surface area contributed by atoms with Crippen LogP contribution in [0.4, 0.5) is 0 Å². The van der Waals surface area contributed by atoms with Crippen molar-refractivity contribution in [3.05, 3.63) is 60.7 Å². The van der Waals surface area contributed by atoms with Gasteiger partial charge in [-0.15, -0.1) is 0 Å². The summed E-state index contributed by atoms with van der Waals surface area (Å²) in [6.45, 7) is 18.0. The minimum absolute atomic E-state index is 0.0134. The molecule has 0 amide bonds. The molecule has 230 valence electrons. The molecular formula is C34H48O7Si. The van der Waals surface area contributed by atoms with E-state index in [1.54, 1.807) is 7.11 Å². The fourth-order valence-electron chi connectivity index (χ4n) is 7.10. The van der Waals surface area contributed by atoms with Crippen LogP contribution in [0.15, 0.2) is 60.7 Å². The normalized spacial score (nSPS) is 28.1. The first-order valence-electron chi connectivity index (χ1n) is 14.9. The van der Waals surface area contributed by atoms with Crippen molar-refractivity contribution in [1.29, 1.82) is 0 Å². The van der Waals surface area contributed by atoms with Crippen molar-refractivity contribution in [3.63, 3.8) is 0 Å². The van der Waals surface area contributed by atoms with Crippen molar-refractivity contribution in [2.24, 2.45) is 22.7 Å². The Bertz CT molecular complexity index is 1210.